The summed E-state index contributed by atoms with van der Waals surface area (Å²) in [7, 11) is 0. The van der Waals surface area contributed by atoms with Crippen molar-refractivity contribution >= 4 is 38.3 Å². The largest absolute Gasteiger partial charge is 0.455 e. The van der Waals surface area contributed by atoms with Gasteiger partial charge in [-0.1, -0.05) is 91.0 Å². The van der Waals surface area contributed by atoms with E-state index in [4.69, 9.17) is 9.40 Å². The van der Waals surface area contributed by atoms with E-state index < -0.39 is 0 Å². The highest BCUT2D eigenvalue weighted by Crippen LogP contribution is 2.45. The number of pyridine rings is 1. The van der Waals surface area contributed by atoms with Gasteiger partial charge in [0.25, 0.3) is 0 Å². The number of furan rings is 1. The lowest BCUT2D eigenvalue weighted by molar-refractivity contribution is 0.636. The molecule has 190 valence electrons. The van der Waals surface area contributed by atoms with E-state index in [1.54, 1.807) is 0 Å². The number of allylic oxidation sites excluding steroid dienone is 2. The molecule has 8 rings (SSSR count). The zero-order valence-electron chi connectivity index (χ0n) is 21.7. The van der Waals surface area contributed by atoms with Gasteiger partial charge in [-0.15, -0.1) is 0 Å². The fourth-order valence-electron chi connectivity index (χ4n) is 5.89. The first-order valence-electron chi connectivity index (χ1n) is 13.5. The van der Waals surface area contributed by atoms with Crippen molar-refractivity contribution in [1.29, 1.82) is 0 Å². The minimum Gasteiger partial charge on any atom is -0.455 e. The SMILES string of the molecule is C1=CC(c2cccc(-n3c4ccccc4c4c5oc(-c6ccccc6)c(-c6ccccc6)c5ccc43)n2)=CCN1. The van der Waals surface area contributed by atoms with Gasteiger partial charge in [0.15, 0.2) is 0 Å². The lowest BCUT2D eigenvalue weighted by atomic mass is 9.98. The topological polar surface area (TPSA) is 43.0 Å². The van der Waals surface area contributed by atoms with E-state index in [0.29, 0.717) is 0 Å². The second-order valence-corrected chi connectivity index (χ2v) is 10.0. The molecule has 40 heavy (non-hydrogen) atoms. The van der Waals surface area contributed by atoms with Gasteiger partial charge >= 0.3 is 0 Å². The zero-order valence-corrected chi connectivity index (χ0v) is 21.7. The van der Waals surface area contributed by atoms with Crippen LogP contribution < -0.4 is 5.32 Å². The van der Waals surface area contributed by atoms with Crippen LogP contribution in [0.1, 0.15) is 5.69 Å². The number of benzene rings is 4. The smallest absolute Gasteiger partial charge is 0.145 e. The Hall–Kier alpha value is -5.35. The Labute approximate surface area is 231 Å². The molecule has 0 amide bonds. The van der Waals surface area contributed by atoms with Crippen LogP contribution in [-0.4, -0.2) is 16.1 Å². The van der Waals surface area contributed by atoms with Crippen molar-refractivity contribution < 1.29 is 4.42 Å². The van der Waals surface area contributed by atoms with Gasteiger partial charge in [-0.25, -0.2) is 4.98 Å². The average molecular weight is 516 g/mol. The summed E-state index contributed by atoms with van der Waals surface area (Å²) in [6.45, 7) is 0.803. The Kier molecular flexibility index (Phi) is 5.17. The summed E-state index contributed by atoms with van der Waals surface area (Å²) in [5.41, 5.74) is 8.46. The summed E-state index contributed by atoms with van der Waals surface area (Å²) in [5, 5.41) is 6.57. The molecule has 1 aliphatic rings. The van der Waals surface area contributed by atoms with Gasteiger partial charge < -0.3 is 9.73 Å². The molecule has 0 unspecified atom stereocenters. The number of rotatable bonds is 4. The van der Waals surface area contributed by atoms with Crippen LogP contribution in [0, 0.1) is 0 Å². The predicted molar refractivity (Wildman–Crippen MR) is 164 cm³/mol. The van der Waals surface area contributed by atoms with Crippen molar-refractivity contribution in [2.75, 3.05) is 6.54 Å². The Morgan fingerprint density at radius 3 is 2.25 bits per heavy atom. The van der Waals surface area contributed by atoms with E-state index in [2.05, 4.69) is 131 Å². The van der Waals surface area contributed by atoms with E-state index in [1.165, 1.54) is 0 Å². The van der Waals surface area contributed by atoms with Crippen molar-refractivity contribution in [2.24, 2.45) is 0 Å². The normalized spacial score (nSPS) is 13.2. The average Bonchev–Trinajstić information content (AvgIpc) is 3.59. The molecule has 4 aromatic carbocycles. The van der Waals surface area contributed by atoms with Gasteiger partial charge in [0, 0.05) is 28.4 Å². The monoisotopic (exact) mass is 515 g/mol. The van der Waals surface area contributed by atoms with E-state index >= 15 is 0 Å². The van der Waals surface area contributed by atoms with Crippen LogP contribution in [0.25, 0.3) is 66.6 Å². The number of hydrogen-bond acceptors (Lipinski definition) is 3. The molecule has 1 N–H and O–H groups in total. The third kappa shape index (κ3) is 3.50. The second-order valence-electron chi connectivity index (χ2n) is 10.0. The van der Waals surface area contributed by atoms with E-state index in [0.717, 1.165) is 78.9 Å². The molecule has 0 atom stereocenters. The lowest BCUT2D eigenvalue weighted by Crippen LogP contribution is -2.09. The molecule has 4 heterocycles. The van der Waals surface area contributed by atoms with Crippen LogP contribution in [0.4, 0.5) is 0 Å². The maximum absolute atomic E-state index is 6.87. The maximum atomic E-state index is 6.87. The minimum atomic E-state index is 0.803. The molecular formula is C36H25N3O. The molecular weight excluding hydrogens is 490 g/mol. The molecule has 0 bridgehead atoms. The minimum absolute atomic E-state index is 0.803. The van der Waals surface area contributed by atoms with Gasteiger partial charge in [-0.2, -0.15) is 0 Å². The fourth-order valence-corrected chi connectivity index (χ4v) is 5.89. The van der Waals surface area contributed by atoms with Gasteiger partial charge in [-0.3, -0.25) is 4.57 Å². The molecule has 0 spiro atoms. The summed E-state index contributed by atoms with van der Waals surface area (Å²) in [6.07, 6.45) is 6.22. The molecule has 0 saturated carbocycles. The van der Waals surface area contributed by atoms with Crippen LogP contribution in [0.15, 0.2) is 138 Å². The highest BCUT2D eigenvalue weighted by atomic mass is 16.3. The van der Waals surface area contributed by atoms with Crippen LogP contribution in [0.5, 0.6) is 0 Å². The third-order valence-corrected chi connectivity index (χ3v) is 7.67. The third-order valence-electron chi connectivity index (χ3n) is 7.67. The van der Waals surface area contributed by atoms with Crippen molar-refractivity contribution in [1.82, 2.24) is 14.9 Å². The number of nitrogens with one attached hydrogen (secondary N) is 1. The Bertz CT molecular complexity index is 2100. The molecule has 4 heteroatoms. The predicted octanol–water partition coefficient (Wildman–Crippen LogP) is 8.76. The van der Waals surface area contributed by atoms with Crippen LogP contribution >= 0.6 is 0 Å². The Morgan fingerprint density at radius 1 is 0.675 bits per heavy atom. The second kappa shape index (κ2) is 9.14. The van der Waals surface area contributed by atoms with Crippen molar-refractivity contribution in [3.8, 4) is 28.3 Å². The van der Waals surface area contributed by atoms with Gasteiger partial charge in [0.05, 0.1) is 22.1 Å². The molecule has 0 fully saturated rings. The van der Waals surface area contributed by atoms with Crippen LogP contribution in [0.2, 0.25) is 0 Å². The van der Waals surface area contributed by atoms with Gasteiger partial charge in [0.2, 0.25) is 0 Å². The number of para-hydroxylation sites is 1. The molecule has 0 aliphatic carbocycles. The zero-order chi connectivity index (χ0) is 26.5. The number of nitrogens with zero attached hydrogens (tertiary/aromatic N) is 2. The number of fused-ring (bicyclic) bond motifs is 5. The molecule has 3 aromatic heterocycles. The summed E-state index contributed by atoms with van der Waals surface area (Å²) in [6, 6.07) is 40.1. The maximum Gasteiger partial charge on any atom is 0.145 e. The Morgan fingerprint density at radius 2 is 1.45 bits per heavy atom. The number of dihydropyridines is 1. The molecule has 0 radical (unpaired) electrons. The first kappa shape index (κ1) is 22.6. The van der Waals surface area contributed by atoms with Crippen LogP contribution in [-0.2, 0) is 0 Å². The highest BCUT2D eigenvalue weighted by Gasteiger charge is 2.23. The van der Waals surface area contributed by atoms with Crippen LogP contribution in [0.3, 0.4) is 0 Å². The standard InChI is InChI=1S/C36H25N3O/c1-3-10-25(11-4-1)33-28-18-19-31-34(36(28)40-35(33)26-12-5-2-6-13-26)27-14-7-8-16-30(27)39(31)32-17-9-15-29(38-32)24-20-22-37-23-21-24/h1-22,37H,23H2. The number of hydrogen-bond donors (Lipinski definition) is 1. The molecule has 4 nitrogen and oxygen atoms in total. The van der Waals surface area contributed by atoms with Gasteiger partial charge in [0.1, 0.15) is 17.2 Å². The highest BCUT2D eigenvalue weighted by molar-refractivity contribution is 6.22. The first-order chi connectivity index (χ1) is 19.9. The first-order valence-corrected chi connectivity index (χ1v) is 13.5. The van der Waals surface area contributed by atoms with E-state index in [1.807, 2.05) is 12.3 Å². The molecule has 1 aliphatic heterocycles. The summed E-state index contributed by atoms with van der Waals surface area (Å²) < 4.78 is 9.13. The van der Waals surface area contributed by atoms with E-state index in [9.17, 15) is 0 Å². The van der Waals surface area contributed by atoms with Crippen molar-refractivity contribution in [2.45, 2.75) is 0 Å². The number of aromatic nitrogens is 2. The molecule has 0 saturated heterocycles. The summed E-state index contributed by atoms with van der Waals surface area (Å²) >= 11 is 0. The van der Waals surface area contributed by atoms with Gasteiger partial charge in [-0.05, 0) is 53.7 Å². The van der Waals surface area contributed by atoms with Crippen molar-refractivity contribution in [3.05, 3.63) is 139 Å². The van der Waals surface area contributed by atoms with Crippen molar-refractivity contribution in [3.63, 3.8) is 0 Å². The van der Waals surface area contributed by atoms with E-state index in [-0.39, 0.29) is 0 Å². The summed E-state index contributed by atoms with van der Waals surface area (Å²) in [5.74, 6) is 1.77. The Balaban J connectivity index is 1.45. The fraction of sp³-hybridized carbons (Fsp3) is 0.0278. The molecule has 7 aromatic rings. The summed E-state index contributed by atoms with van der Waals surface area (Å²) in [4.78, 5) is 5.12. The lowest BCUT2D eigenvalue weighted by Gasteiger charge is -2.11. The quantitative estimate of drug-likeness (QED) is 0.255.